The summed E-state index contributed by atoms with van der Waals surface area (Å²) in [6.45, 7) is 5.29. The molecule has 6 nitrogen and oxygen atoms in total. The first-order chi connectivity index (χ1) is 9.38. The molecule has 0 fully saturated rings. The van der Waals surface area contributed by atoms with Crippen LogP contribution in [0.1, 0.15) is 16.7 Å². The molecule has 2 rings (SSSR count). The van der Waals surface area contributed by atoms with Crippen LogP contribution in [0.5, 0.6) is 11.6 Å². The number of nitrogen functional groups attached to an aromatic ring is 1. The number of pyridine rings is 1. The minimum absolute atomic E-state index is 0.0692. The summed E-state index contributed by atoms with van der Waals surface area (Å²) >= 11 is 0. The largest absolute Gasteiger partial charge is 0.437 e. The van der Waals surface area contributed by atoms with Gasteiger partial charge in [0.2, 0.25) is 5.88 Å². The number of nitrogens with zero attached hydrogens (tertiary/aromatic N) is 2. The Labute approximate surface area is 116 Å². The Bertz CT molecular complexity index is 684. The number of hydrogen-bond donors (Lipinski definition) is 1. The first-order valence-corrected chi connectivity index (χ1v) is 6.04. The molecule has 0 amide bonds. The van der Waals surface area contributed by atoms with Gasteiger partial charge in [-0.1, -0.05) is 0 Å². The maximum atomic E-state index is 10.9. The first-order valence-electron chi connectivity index (χ1n) is 6.04. The van der Waals surface area contributed by atoms with Crippen molar-refractivity contribution in [2.75, 3.05) is 5.73 Å². The van der Waals surface area contributed by atoms with Crippen molar-refractivity contribution < 1.29 is 9.66 Å². The molecule has 0 spiro atoms. The minimum Gasteiger partial charge on any atom is -0.437 e. The lowest BCUT2D eigenvalue weighted by molar-refractivity contribution is -0.385. The van der Waals surface area contributed by atoms with Crippen molar-refractivity contribution in [3.63, 3.8) is 0 Å². The predicted octanol–water partition coefficient (Wildman–Crippen LogP) is 3.29. The normalized spacial score (nSPS) is 10.3. The Morgan fingerprint density at radius 3 is 2.50 bits per heavy atom. The summed E-state index contributed by atoms with van der Waals surface area (Å²) < 4.78 is 5.65. The second kappa shape index (κ2) is 5.16. The smallest absolute Gasteiger partial charge is 0.272 e. The van der Waals surface area contributed by atoms with Gasteiger partial charge < -0.3 is 10.5 Å². The van der Waals surface area contributed by atoms with Gasteiger partial charge in [0.15, 0.2) is 0 Å². The van der Waals surface area contributed by atoms with Crippen molar-refractivity contribution in [3.8, 4) is 11.6 Å². The van der Waals surface area contributed by atoms with Crippen LogP contribution in [-0.4, -0.2) is 9.91 Å². The van der Waals surface area contributed by atoms with Crippen LogP contribution >= 0.6 is 0 Å². The van der Waals surface area contributed by atoms with E-state index in [1.807, 2.05) is 6.92 Å². The van der Waals surface area contributed by atoms with E-state index in [9.17, 15) is 10.1 Å². The van der Waals surface area contributed by atoms with Crippen LogP contribution < -0.4 is 10.5 Å². The highest BCUT2D eigenvalue weighted by Crippen LogP contribution is 2.32. The third-order valence-corrected chi connectivity index (χ3v) is 2.91. The fourth-order valence-corrected chi connectivity index (χ4v) is 1.85. The molecule has 2 aromatic rings. The summed E-state index contributed by atoms with van der Waals surface area (Å²) in [5.74, 6) is 0.808. The van der Waals surface area contributed by atoms with E-state index < -0.39 is 4.92 Å². The fraction of sp³-hybridized carbons (Fsp3) is 0.214. The van der Waals surface area contributed by atoms with Crippen molar-refractivity contribution in [2.24, 2.45) is 0 Å². The van der Waals surface area contributed by atoms with Crippen LogP contribution in [0.2, 0.25) is 0 Å². The van der Waals surface area contributed by atoms with Crippen molar-refractivity contribution in [3.05, 3.63) is 51.2 Å². The minimum atomic E-state index is -0.412. The molecule has 0 radical (unpaired) electrons. The van der Waals surface area contributed by atoms with E-state index in [1.54, 1.807) is 32.2 Å². The zero-order valence-corrected chi connectivity index (χ0v) is 11.5. The second-order valence-corrected chi connectivity index (χ2v) is 4.67. The number of rotatable bonds is 3. The number of benzene rings is 1. The Morgan fingerprint density at radius 1 is 1.20 bits per heavy atom. The molecule has 0 bridgehead atoms. The Balaban J connectivity index is 2.39. The fourth-order valence-electron chi connectivity index (χ4n) is 1.85. The second-order valence-electron chi connectivity index (χ2n) is 4.67. The molecule has 0 saturated heterocycles. The summed E-state index contributed by atoms with van der Waals surface area (Å²) in [7, 11) is 0. The highest BCUT2D eigenvalue weighted by atomic mass is 16.6. The number of hydrogen-bond acceptors (Lipinski definition) is 5. The molecule has 0 aliphatic carbocycles. The molecule has 1 aromatic heterocycles. The van der Waals surface area contributed by atoms with E-state index in [1.165, 1.54) is 6.07 Å². The lowest BCUT2D eigenvalue weighted by Crippen LogP contribution is -1.99. The monoisotopic (exact) mass is 273 g/mol. The Kier molecular flexibility index (Phi) is 3.56. The summed E-state index contributed by atoms with van der Waals surface area (Å²) in [5.41, 5.74) is 8.46. The van der Waals surface area contributed by atoms with Gasteiger partial charge in [-0.25, -0.2) is 4.98 Å². The number of ether oxygens (including phenoxy) is 1. The first kappa shape index (κ1) is 13.8. The topological polar surface area (TPSA) is 91.3 Å². The zero-order chi connectivity index (χ0) is 14.9. The summed E-state index contributed by atoms with van der Waals surface area (Å²) in [6, 6.07) is 4.86. The van der Waals surface area contributed by atoms with E-state index in [0.717, 1.165) is 5.56 Å². The molecule has 6 heteroatoms. The standard InChI is InChI=1S/C14H15N3O3/c1-8-4-11(15)14(16-7-8)20-13-6-9(2)12(17(18)19)5-10(13)3/h4-7H,15H2,1-3H3. The average molecular weight is 273 g/mol. The SMILES string of the molecule is Cc1cnc(Oc2cc(C)c([N+](=O)[O-])cc2C)c(N)c1. The van der Waals surface area contributed by atoms with Crippen molar-refractivity contribution >= 4 is 11.4 Å². The van der Waals surface area contributed by atoms with Gasteiger partial charge in [-0.3, -0.25) is 10.1 Å². The maximum absolute atomic E-state index is 10.9. The number of aryl methyl sites for hydroxylation is 3. The lowest BCUT2D eigenvalue weighted by Gasteiger charge is -2.11. The maximum Gasteiger partial charge on any atom is 0.272 e. The average Bonchev–Trinajstić information content (AvgIpc) is 2.36. The molecule has 0 atom stereocenters. The quantitative estimate of drug-likeness (QED) is 0.684. The third-order valence-electron chi connectivity index (χ3n) is 2.91. The van der Waals surface area contributed by atoms with E-state index in [4.69, 9.17) is 10.5 Å². The van der Waals surface area contributed by atoms with Gasteiger partial charge >= 0.3 is 0 Å². The molecular weight excluding hydrogens is 258 g/mol. The summed E-state index contributed by atoms with van der Waals surface area (Å²) in [4.78, 5) is 14.6. The van der Waals surface area contributed by atoms with Crippen LogP contribution in [0.15, 0.2) is 24.4 Å². The lowest BCUT2D eigenvalue weighted by atomic mass is 10.1. The molecule has 0 saturated carbocycles. The highest BCUT2D eigenvalue weighted by Gasteiger charge is 2.15. The molecule has 0 aliphatic heterocycles. The van der Waals surface area contributed by atoms with Gasteiger partial charge in [0.1, 0.15) is 5.75 Å². The molecular formula is C14H15N3O3. The van der Waals surface area contributed by atoms with E-state index in [0.29, 0.717) is 28.4 Å². The van der Waals surface area contributed by atoms with Crippen LogP contribution in [0, 0.1) is 30.9 Å². The summed E-state index contributed by atoms with van der Waals surface area (Å²) in [5, 5.41) is 10.9. The van der Waals surface area contributed by atoms with Gasteiger partial charge in [-0.2, -0.15) is 0 Å². The van der Waals surface area contributed by atoms with Crippen LogP contribution in [0.3, 0.4) is 0 Å². The van der Waals surface area contributed by atoms with Crippen LogP contribution in [-0.2, 0) is 0 Å². The zero-order valence-electron chi connectivity index (χ0n) is 11.5. The van der Waals surface area contributed by atoms with Crippen molar-refractivity contribution in [1.29, 1.82) is 0 Å². The number of nitro groups is 1. The number of nitrogens with two attached hydrogens (primary N) is 1. The van der Waals surface area contributed by atoms with Crippen LogP contribution in [0.4, 0.5) is 11.4 Å². The molecule has 1 heterocycles. The molecule has 2 N–H and O–H groups in total. The van der Waals surface area contributed by atoms with E-state index in [2.05, 4.69) is 4.98 Å². The molecule has 0 aliphatic rings. The number of anilines is 1. The number of aromatic nitrogens is 1. The predicted molar refractivity (Wildman–Crippen MR) is 76.0 cm³/mol. The Morgan fingerprint density at radius 2 is 1.90 bits per heavy atom. The third kappa shape index (κ3) is 2.69. The van der Waals surface area contributed by atoms with Gasteiger partial charge in [0.25, 0.3) is 5.69 Å². The van der Waals surface area contributed by atoms with Gasteiger partial charge in [0, 0.05) is 17.8 Å². The molecule has 1 aromatic carbocycles. The van der Waals surface area contributed by atoms with Gasteiger partial charge in [0.05, 0.1) is 10.6 Å². The molecule has 0 unspecified atom stereocenters. The highest BCUT2D eigenvalue weighted by molar-refractivity contribution is 5.54. The van der Waals surface area contributed by atoms with Crippen molar-refractivity contribution in [2.45, 2.75) is 20.8 Å². The molecule has 104 valence electrons. The van der Waals surface area contributed by atoms with E-state index >= 15 is 0 Å². The van der Waals surface area contributed by atoms with Gasteiger partial charge in [-0.05, 0) is 44.0 Å². The van der Waals surface area contributed by atoms with Gasteiger partial charge in [-0.15, -0.1) is 0 Å². The number of nitro benzene ring substituents is 1. The van der Waals surface area contributed by atoms with E-state index in [-0.39, 0.29) is 5.69 Å². The summed E-state index contributed by atoms with van der Waals surface area (Å²) in [6.07, 6.45) is 1.65. The van der Waals surface area contributed by atoms with Crippen LogP contribution in [0.25, 0.3) is 0 Å². The van der Waals surface area contributed by atoms with Crippen molar-refractivity contribution in [1.82, 2.24) is 4.98 Å². The molecule has 20 heavy (non-hydrogen) atoms. The Hall–Kier alpha value is -2.63.